The molecule has 1 aromatic heterocycles. The van der Waals surface area contributed by atoms with Crippen molar-refractivity contribution in [3.05, 3.63) is 58.3 Å². The van der Waals surface area contributed by atoms with Crippen molar-refractivity contribution in [2.75, 3.05) is 5.32 Å². The molecule has 4 nitrogen and oxygen atoms in total. The van der Waals surface area contributed by atoms with Crippen LogP contribution in [-0.2, 0) is 0 Å². The molecule has 1 aromatic carbocycles. The number of anilines is 1. The smallest absolute Gasteiger partial charge is 0.319 e. The van der Waals surface area contributed by atoms with Gasteiger partial charge >= 0.3 is 6.03 Å². The molecule has 0 spiro atoms. The quantitative estimate of drug-likeness (QED) is 0.889. The molecule has 104 valence electrons. The number of carbonyl (C=O) groups excluding carboxylic acids is 1. The van der Waals surface area contributed by atoms with E-state index in [0.29, 0.717) is 15.7 Å². The molecule has 0 saturated heterocycles. The number of carbonyl (C=O) groups is 1. The normalized spacial score (nSPS) is 11.8. The topological polar surface area (TPSA) is 54.0 Å². The highest BCUT2D eigenvalue weighted by Crippen LogP contribution is 2.25. The fourth-order valence-electron chi connectivity index (χ4n) is 1.65. The number of hydrogen-bond donors (Lipinski definition) is 2. The zero-order valence-electron chi connectivity index (χ0n) is 10.7. The Balaban J connectivity index is 1.97. The molecule has 0 saturated carbocycles. The third kappa shape index (κ3) is 3.85. The molecule has 0 radical (unpaired) electrons. The summed E-state index contributed by atoms with van der Waals surface area (Å²) in [7, 11) is 0. The third-order valence-corrected chi connectivity index (χ3v) is 3.45. The molecule has 1 unspecified atom stereocenters. The van der Waals surface area contributed by atoms with Gasteiger partial charge in [-0.3, -0.25) is 4.98 Å². The van der Waals surface area contributed by atoms with E-state index in [1.807, 2.05) is 19.1 Å². The molecule has 2 N–H and O–H groups in total. The van der Waals surface area contributed by atoms with Crippen LogP contribution < -0.4 is 10.6 Å². The molecule has 1 heterocycles. The van der Waals surface area contributed by atoms with E-state index in [-0.39, 0.29) is 12.1 Å². The van der Waals surface area contributed by atoms with Gasteiger partial charge in [0.2, 0.25) is 0 Å². The number of nitrogens with zero attached hydrogens (tertiary/aromatic N) is 1. The second-order valence-corrected chi connectivity index (χ2v) is 5.05. The number of aromatic nitrogens is 1. The lowest BCUT2D eigenvalue weighted by atomic mass is 10.1. The minimum Gasteiger partial charge on any atom is -0.331 e. The first-order valence-corrected chi connectivity index (χ1v) is 6.74. The Morgan fingerprint density at radius 2 is 2.05 bits per heavy atom. The Morgan fingerprint density at radius 3 is 2.70 bits per heavy atom. The predicted octanol–water partition coefficient (Wildman–Crippen LogP) is 4.27. The molecular formula is C14H13Cl2N3O. The maximum Gasteiger partial charge on any atom is 0.319 e. The van der Waals surface area contributed by atoms with Crippen molar-refractivity contribution in [2.24, 2.45) is 0 Å². The molecule has 2 aromatic rings. The van der Waals surface area contributed by atoms with E-state index >= 15 is 0 Å². The van der Waals surface area contributed by atoms with Crippen LogP contribution in [0.2, 0.25) is 10.0 Å². The predicted molar refractivity (Wildman–Crippen MR) is 81.3 cm³/mol. The second kappa shape index (κ2) is 6.59. The van der Waals surface area contributed by atoms with Crippen molar-refractivity contribution in [3.8, 4) is 0 Å². The number of hydrogen-bond acceptors (Lipinski definition) is 2. The molecule has 2 rings (SSSR count). The molecule has 20 heavy (non-hydrogen) atoms. The number of halogens is 2. The number of urea groups is 1. The summed E-state index contributed by atoms with van der Waals surface area (Å²) in [4.78, 5) is 15.9. The maximum absolute atomic E-state index is 11.9. The molecule has 0 fully saturated rings. The SMILES string of the molecule is CC(NC(=O)Nc1ccc(Cl)c(Cl)c1)c1cccnc1. The molecule has 1 atom stereocenters. The van der Waals surface area contributed by atoms with Gasteiger partial charge in [-0.2, -0.15) is 0 Å². The first-order chi connectivity index (χ1) is 9.56. The fourth-order valence-corrected chi connectivity index (χ4v) is 1.95. The van der Waals surface area contributed by atoms with Gasteiger partial charge < -0.3 is 10.6 Å². The lowest BCUT2D eigenvalue weighted by Gasteiger charge is -2.14. The van der Waals surface area contributed by atoms with Crippen LogP contribution in [0.5, 0.6) is 0 Å². The van der Waals surface area contributed by atoms with Crippen LogP contribution in [0.3, 0.4) is 0 Å². The third-order valence-electron chi connectivity index (χ3n) is 2.71. The van der Waals surface area contributed by atoms with E-state index < -0.39 is 0 Å². The van der Waals surface area contributed by atoms with E-state index in [0.717, 1.165) is 5.56 Å². The summed E-state index contributed by atoms with van der Waals surface area (Å²) in [6.45, 7) is 1.88. The lowest BCUT2D eigenvalue weighted by molar-refractivity contribution is 0.249. The summed E-state index contributed by atoms with van der Waals surface area (Å²) in [5, 5.41) is 6.35. The van der Waals surface area contributed by atoms with Gasteiger partial charge in [-0.05, 0) is 36.8 Å². The van der Waals surface area contributed by atoms with Crippen LogP contribution in [0.25, 0.3) is 0 Å². The van der Waals surface area contributed by atoms with Crippen molar-refractivity contribution < 1.29 is 4.79 Å². The summed E-state index contributed by atoms with van der Waals surface area (Å²) >= 11 is 11.7. The molecule has 2 amide bonds. The number of amides is 2. The van der Waals surface area contributed by atoms with E-state index in [2.05, 4.69) is 15.6 Å². The number of nitrogens with one attached hydrogen (secondary N) is 2. The van der Waals surface area contributed by atoms with Gasteiger partial charge in [0, 0.05) is 18.1 Å². The molecule has 0 aliphatic rings. The van der Waals surface area contributed by atoms with Crippen molar-refractivity contribution in [3.63, 3.8) is 0 Å². The Morgan fingerprint density at radius 1 is 1.25 bits per heavy atom. The lowest BCUT2D eigenvalue weighted by Crippen LogP contribution is -2.31. The first-order valence-electron chi connectivity index (χ1n) is 5.99. The Labute approximate surface area is 127 Å². The Hall–Kier alpha value is -1.78. The largest absolute Gasteiger partial charge is 0.331 e. The zero-order chi connectivity index (χ0) is 14.5. The van der Waals surface area contributed by atoms with Gasteiger partial charge in [-0.1, -0.05) is 29.3 Å². The van der Waals surface area contributed by atoms with Crippen LogP contribution in [0.4, 0.5) is 10.5 Å². The van der Waals surface area contributed by atoms with Crippen LogP contribution in [-0.4, -0.2) is 11.0 Å². The van der Waals surface area contributed by atoms with Crippen LogP contribution in [0.1, 0.15) is 18.5 Å². The van der Waals surface area contributed by atoms with Crippen molar-refractivity contribution in [1.82, 2.24) is 10.3 Å². The van der Waals surface area contributed by atoms with E-state index in [1.165, 1.54) is 0 Å². The number of pyridine rings is 1. The molecular weight excluding hydrogens is 297 g/mol. The average molecular weight is 310 g/mol. The van der Waals surface area contributed by atoms with Crippen molar-refractivity contribution >= 4 is 34.9 Å². The number of benzene rings is 1. The van der Waals surface area contributed by atoms with Gasteiger partial charge in [0.05, 0.1) is 16.1 Å². The van der Waals surface area contributed by atoms with Gasteiger partial charge in [-0.15, -0.1) is 0 Å². The van der Waals surface area contributed by atoms with Gasteiger partial charge in [0.15, 0.2) is 0 Å². The summed E-state index contributed by atoms with van der Waals surface area (Å²) in [5.74, 6) is 0. The van der Waals surface area contributed by atoms with Gasteiger partial charge in [0.25, 0.3) is 0 Å². The number of rotatable bonds is 3. The maximum atomic E-state index is 11.9. The Bertz CT molecular complexity index is 605. The Kier molecular flexibility index (Phi) is 4.82. The highest BCUT2D eigenvalue weighted by atomic mass is 35.5. The van der Waals surface area contributed by atoms with Crippen LogP contribution in [0, 0.1) is 0 Å². The van der Waals surface area contributed by atoms with Crippen LogP contribution in [0.15, 0.2) is 42.7 Å². The summed E-state index contributed by atoms with van der Waals surface area (Å²) in [5.41, 5.74) is 1.51. The van der Waals surface area contributed by atoms with Gasteiger partial charge in [-0.25, -0.2) is 4.79 Å². The minimum atomic E-state index is -0.320. The summed E-state index contributed by atoms with van der Waals surface area (Å²) in [6, 6.07) is 8.16. The monoisotopic (exact) mass is 309 g/mol. The van der Waals surface area contributed by atoms with E-state index in [4.69, 9.17) is 23.2 Å². The highest BCUT2D eigenvalue weighted by molar-refractivity contribution is 6.42. The summed E-state index contributed by atoms with van der Waals surface area (Å²) < 4.78 is 0. The highest BCUT2D eigenvalue weighted by Gasteiger charge is 2.10. The summed E-state index contributed by atoms with van der Waals surface area (Å²) in [6.07, 6.45) is 3.40. The fraction of sp³-hybridized carbons (Fsp3) is 0.143. The minimum absolute atomic E-state index is 0.147. The molecule has 0 aliphatic carbocycles. The van der Waals surface area contributed by atoms with Crippen molar-refractivity contribution in [1.29, 1.82) is 0 Å². The molecule has 0 aliphatic heterocycles. The molecule has 0 bridgehead atoms. The second-order valence-electron chi connectivity index (χ2n) is 4.24. The zero-order valence-corrected chi connectivity index (χ0v) is 12.2. The molecule has 6 heteroatoms. The first kappa shape index (κ1) is 14.6. The van der Waals surface area contributed by atoms with E-state index in [9.17, 15) is 4.79 Å². The average Bonchev–Trinajstić information content (AvgIpc) is 2.44. The van der Waals surface area contributed by atoms with Crippen LogP contribution >= 0.6 is 23.2 Å². The van der Waals surface area contributed by atoms with Crippen molar-refractivity contribution in [2.45, 2.75) is 13.0 Å². The van der Waals surface area contributed by atoms with E-state index in [1.54, 1.807) is 30.6 Å². The standard InChI is InChI=1S/C14H13Cl2N3O/c1-9(10-3-2-6-17-8-10)18-14(20)19-11-4-5-12(15)13(16)7-11/h2-9H,1H3,(H2,18,19,20). The van der Waals surface area contributed by atoms with Gasteiger partial charge in [0.1, 0.15) is 0 Å².